The first-order valence-electron chi connectivity index (χ1n) is 14.5. The molecule has 0 saturated heterocycles. The number of hydrogen-bond acceptors (Lipinski definition) is 16. The number of hydrogen-bond donors (Lipinski definition) is 5. The second-order valence-corrected chi connectivity index (χ2v) is 15.6. The maximum atomic E-state index is 13.8. The Labute approximate surface area is 285 Å². The molecule has 2 aromatic carbocycles. The Morgan fingerprint density at radius 3 is 2.02 bits per heavy atom. The van der Waals surface area contributed by atoms with Gasteiger partial charge in [0.05, 0.1) is 30.0 Å². The Morgan fingerprint density at radius 1 is 0.959 bits per heavy atom. The lowest BCUT2D eigenvalue weighted by molar-refractivity contribution is -0.497. The molecule has 0 aliphatic carbocycles. The Balaban J connectivity index is 1.65. The Kier molecular flexibility index (Phi) is 12.9. The summed E-state index contributed by atoms with van der Waals surface area (Å²) in [6.07, 6.45) is 0.330. The van der Waals surface area contributed by atoms with E-state index in [0.717, 1.165) is 6.07 Å². The molecule has 5 N–H and O–H groups in total. The van der Waals surface area contributed by atoms with Crippen molar-refractivity contribution < 1.29 is 61.7 Å². The molecule has 1 aliphatic heterocycles. The molecule has 49 heavy (non-hydrogen) atoms. The molecule has 1 aliphatic rings. The lowest BCUT2D eigenvalue weighted by Crippen LogP contribution is -2.47. The highest BCUT2D eigenvalue weighted by molar-refractivity contribution is 7.94. The summed E-state index contributed by atoms with van der Waals surface area (Å²) >= 11 is 0.461. The number of carbonyl (C=O) groups excluding carboxylic acids is 2. The van der Waals surface area contributed by atoms with Gasteiger partial charge in [0.25, 0.3) is 31.9 Å². The van der Waals surface area contributed by atoms with Gasteiger partial charge in [-0.3, -0.25) is 30.4 Å². The summed E-state index contributed by atoms with van der Waals surface area (Å²) in [5.41, 5.74) is 1.21. The van der Waals surface area contributed by atoms with Crippen LogP contribution in [0.2, 0.25) is 0 Å². The number of sulfonamides is 2. The summed E-state index contributed by atoms with van der Waals surface area (Å²) in [4.78, 5) is 37.2. The van der Waals surface area contributed by atoms with Crippen molar-refractivity contribution in [3.8, 4) is 0 Å². The van der Waals surface area contributed by atoms with E-state index in [4.69, 9.17) is 25.6 Å². The molecule has 1 atom stereocenters. The average molecular weight is 746 g/mol. The number of nitrogens with one attached hydrogen (secondary N) is 1. The highest BCUT2D eigenvalue weighted by Crippen LogP contribution is 2.43. The largest absolute Gasteiger partial charge is 0.385 e. The van der Waals surface area contributed by atoms with Crippen LogP contribution in [0.5, 0.6) is 0 Å². The molecular weight excluding hydrogens is 711 g/mol. The van der Waals surface area contributed by atoms with Crippen LogP contribution >= 0.6 is 11.3 Å². The number of carbonyl (C=O) groups is 2. The van der Waals surface area contributed by atoms with Crippen molar-refractivity contribution >= 4 is 43.2 Å². The molecule has 1 aromatic heterocycles. The number of benzene rings is 2. The van der Waals surface area contributed by atoms with Gasteiger partial charge >= 0.3 is 0 Å². The minimum Gasteiger partial charge on any atom is -0.385 e. The number of fused-ring (bicyclic) bond motifs is 1. The molecule has 0 saturated carbocycles. The lowest BCUT2D eigenvalue weighted by Gasteiger charge is -2.38. The zero-order valence-corrected chi connectivity index (χ0v) is 28.6. The van der Waals surface area contributed by atoms with Crippen LogP contribution in [0, 0.1) is 0 Å². The van der Waals surface area contributed by atoms with Gasteiger partial charge in [0, 0.05) is 50.0 Å². The third-order valence-corrected chi connectivity index (χ3v) is 12.7. The third-order valence-electron chi connectivity index (χ3n) is 7.35. The van der Waals surface area contributed by atoms with Crippen LogP contribution in [0.1, 0.15) is 56.8 Å². The number of methoxy groups -OCH3 is 1. The summed E-state index contributed by atoms with van der Waals surface area (Å²) in [6, 6.07) is 11.7. The number of rotatable bonds is 16. The van der Waals surface area contributed by atoms with Gasteiger partial charge in [-0.2, -0.15) is 4.31 Å². The van der Waals surface area contributed by atoms with E-state index >= 15 is 0 Å². The Morgan fingerprint density at radius 2 is 1.51 bits per heavy atom. The fourth-order valence-corrected chi connectivity index (χ4v) is 9.80. The van der Waals surface area contributed by atoms with Gasteiger partial charge in [0.2, 0.25) is 0 Å². The number of thiophene rings is 1. The fraction of sp³-hybridized carbons (Fsp3) is 0.357. The third kappa shape index (κ3) is 9.43. The molecule has 3 aromatic rings. The second-order valence-electron chi connectivity index (χ2n) is 10.5. The van der Waals surface area contributed by atoms with E-state index in [1.165, 1.54) is 64.8 Å². The van der Waals surface area contributed by atoms with Crippen molar-refractivity contribution in [2.75, 3.05) is 33.4 Å². The van der Waals surface area contributed by atoms with Crippen LogP contribution in [0.4, 0.5) is 0 Å². The number of ether oxygens (including phenoxy) is 1. The van der Waals surface area contributed by atoms with Crippen molar-refractivity contribution in [1.82, 2.24) is 24.7 Å². The number of likely N-dealkylation sites (N-methyl/N-ethyl adjacent to an activating group) is 1. The first-order chi connectivity index (χ1) is 23.2. The van der Waals surface area contributed by atoms with Crippen LogP contribution in [-0.4, -0.2) is 103 Å². The Hall–Kier alpha value is -3.42. The van der Waals surface area contributed by atoms with Crippen LogP contribution in [0.15, 0.2) is 63.0 Å². The zero-order valence-electron chi connectivity index (χ0n) is 26.2. The quantitative estimate of drug-likeness (QED) is 0.104. The SMILES string of the molecule is CCN(C(=O)c1ccc(CON(O)O)cc1)[C@H]1CN(CCCOC)S(=O)(=O)c2sc(S(=O)(=O)NC(=O)c3ccc(CON(O)O)cc3)cc21. The van der Waals surface area contributed by atoms with Gasteiger partial charge in [0.1, 0.15) is 8.42 Å². The van der Waals surface area contributed by atoms with E-state index < -0.39 is 52.9 Å². The van der Waals surface area contributed by atoms with Crippen molar-refractivity contribution in [1.29, 1.82) is 0 Å². The van der Waals surface area contributed by atoms with Crippen molar-refractivity contribution in [3.05, 3.63) is 82.4 Å². The van der Waals surface area contributed by atoms with E-state index in [1.807, 2.05) is 4.72 Å². The first kappa shape index (κ1) is 38.4. The molecule has 4 rings (SSSR count). The van der Waals surface area contributed by atoms with Crippen molar-refractivity contribution in [3.63, 3.8) is 0 Å². The minimum absolute atomic E-state index is 0.0334. The topological polar surface area (TPSA) is 236 Å². The molecule has 0 radical (unpaired) electrons. The number of nitrogens with zero attached hydrogens (tertiary/aromatic N) is 4. The summed E-state index contributed by atoms with van der Waals surface area (Å²) in [6.45, 7) is 1.48. The fourth-order valence-electron chi connectivity index (χ4n) is 4.96. The maximum Gasteiger partial charge on any atom is 0.273 e. The number of amides is 2. The average Bonchev–Trinajstić information content (AvgIpc) is 3.53. The van der Waals surface area contributed by atoms with Gasteiger partial charge in [-0.1, -0.05) is 24.3 Å². The molecule has 2 heterocycles. The standard InChI is InChI=1S/C28H35N5O13S3/c1-3-31(27(35)22-11-7-20(8-12-22)18-46-33(38)39)24-16-30(13-4-14-44-2)49(42,43)28-23(24)15-25(47-28)48(40,41)29-26(34)21-9-5-19(6-10-21)17-45-32(36)37/h5-12,15,24,36-39H,3-4,13-14,16-18H2,1-2H3,(H,29,34)/t24-/m0/s1. The summed E-state index contributed by atoms with van der Waals surface area (Å²) in [7, 11) is -7.34. The zero-order chi connectivity index (χ0) is 35.9. The van der Waals surface area contributed by atoms with Gasteiger partial charge in [-0.25, -0.2) is 31.2 Å². The van der Waals surface area contributed by atoms with Crippen LogP contribution in [0.3, 0.4) is 0 Å². The highest BCUT2D eigenvalue weighted by atomic mass is 32.3. The molecule has 0 spiro atoms. The monoisotopic (exact) mass is 745 g/mol. The molecule has 18 nitrogen and oxygen atoms in total. The molecule has 0 bridgehead atoms. The molecule has 268 valence electrons. The smallest absolute Gasteiger partial charge is 0.273 e. The van der Waals surface area contributed by atoms with Crippen LogP contribution in [0.25, 0.3) is 0 Å². The predicted octanol–water partition coefficient (Wildman–Crippen LogP) is 2.14. The van der Waals surface area contributed by atoms with E-state index in [1.54, 1.807) is 6.92 Å². The lowest BCUT2D eigenvalue weighted by atomic mass is 10.1. The summed E-state index contributed by atoms with van der Waals surface area (Å²) in [5, 5.41) is 34.0. The summed E-state index contributed by atoms with van der Waals surface area (Å²) < 4.78 is 61.9. The van der Waals surface area contributed by atoms with E-state index in [0.29, 0.717) is 28.9 Å². The van der Waals surface area contributed by atoms with Gasteiger partial charge in [-0.15, -0.1) is 11.3 Å². The predicted molar refractivity (Wildman–Crippen MR) is 167 cm³/mol. The Bertz CT molecular complexity index is 1820. The first-order valence-corrected chi connectivity index (χ1v) is 18.2. The normalized spacial score (nSPS) is 16.1. The van der Waals surface area contributed by atoms with E-state index in [-0.39, 0.29) is 60.4 Å². The highest BCUT2D eigenvalue weighted by Gasteiger charge is 2.43. The van der Waals surface area contributed by atoms with Gasteiger partial charge in [0.15, 0.2) is 0 Å². The molecule has 0 fully saturated rings. The second kappa shape index (κ2) is 16.5. The van der Waals surface area contributed by atoms with Crippen molar-refractivity contribution in [2.24, 2.45) is 0 Å². The molecule has 21 heteroatoms. The van der Waals surface area contributed by atoms with Crippen LogP contribution < -0.4 is 4.72 Å². The maximum absolute atomic E-state index is 13.8. The van der Waals surface area contributed by atoms with Crippen LogP contribution in [-0.2, 0) is 47.7 Å². The minimum atomic E-state index is -4.60. The van der Waals surface area contributed by atoms with E-state index in [2.05, 4.69) is 9.68 Å². The molecular formula is C28H35N5O13S3. The molecule has 0 unspecified atom stereocenters. The van der Waals surface area contributed by atoms with Gasteiger partial charge in [-0.05, 0) is 54.8 Å². The molecule has 2 amide bonds. The van der Waals surface area contributed by atoms with E-state index in [9.17, 15) is 26.4 Å². The van der Waals surface area contributed by atoms with Crippen molar-refractivity contribution in [2.45, 2.75) is 41.0 Å². The summed E-state index contributed by atoms with van der Waals surface area (Å²) in [5.74, 6) is -1.48. The van der Waals surface area contributed by atoms with Gasteiger partial charge < -0.3 is 9.64 Å².